The molecule has 1 rings (SSSR count). The van der Waals surface area contributed by atoms with Gasteiger partial charge in [-0.15, -0.1) is 0 Å². The molecule has 0 bridgehead atoms. The Bertz CT molecular complexity index is 355. The lowest BCUT2D eigenvalue weighted by atomic mass is 10.0. The van der Waals surface area contributed by atoms with Gasteiger partial charge in [-0.25, -0.2) is 0 Å². The molecule has 0 saturated heterocycles. The summed E-state index contributed by atoms with van der Waals surface area (Å²) in [6.07, 6.45) is -3.85. The largest absolute Gasteiger partial charge is 0.416 e. The predicted octanol–water partition coefficient (Wildman–Crippen LogP) is 3.50. The Hall–Kier alpha value is -1.32. The second-order valence-electron chi connectivity index (χ2n) is 3.11. The number of hydrogen-bond acceptors (Lipinski definition) is 1. The number of carbonyl (C=O) groups excluding carboxylic acids is 1. The molecule has 0 aromatic heterocycles. The van der Waals surface area contributed by atoms with E-state index in [0.29, 0.717) is 6.42 Å². The summed E-state index contributed by atoms with van der Waals surface area (Å²) in [6, 6.07) is 4.44. The molecule has 0 aliphatic rings. The van der Waals surface area contributed by atoms with Crippen molar-refractivity contribution in [3.8, 4) is 0 Å². The van der Waals surface area contributed by atoms with Gasteiger partial charge in [0.15, 0.2) is 5.78 Å². The minimum absolute atomic E-state index is 0.0912. The van der Waals surface area contributed by atoms with E-state index < -0.39 is 11.7 Å². The molecule has 4 heteroatoms. The highest BCUT2D eigenvalue weighted by Gasteiger charge is 2.30. The van der Waals surface area contributed by atoms with E-state index in [1.807, 2.05) is 0 Å². The maximum absolute atomic E-state index is 12.3. The maximum atomic E-state index is 12.3. The average Bonchev–Trinajstić information content (AvgIpc) is 2.17. The third-order valence-electron chi connectivity index (χ3n) is 1.92. The van der Waals surface area contributed by atoms with Gasteiger partial charge < -0.3 is 0 Å². The molecule has 0 amide bonds. The Labute approximate surface area is 85.9 Å². The first-order valence-electron chi connectivity index (χ1n) is 4.45. The highest BCUT2D eigenvalue weighted by Crippen LogP contribution is 2.29. The van der Waals surface area contributed by atoms with Crippen LogP contribution in [-0.2, 0) is 6.18 Å². The van der Waals surface area contributed by atoms with Crippen molar-refractivity contribution in [1.29, 1.82) is 0 Å². The fourth-order valence-corrected chi connectivity index (χ4v) is 1.17. The number of benzene rings is 1. The van der Waals surface area contributed by atoms with Gasteiger partial charge in [0.25, 0.3) is 0 Å². The molecule has 0 unspecified atom stereocenters. The summed E-state index contributed by atoms with van der Waals surface area (Å²) >= 11 is 0. The molecule has 0 spiro atoms. The zero-order valence-corrected chi connectivity index (χ0v) is 7.97. The van der Waals surface area contributed by atoms with Crippen molar-refractivity contribution >= 4 is 5.78 Å². The van der Waals surface area contributed by atoms with E-state index in [1.54, 1.807) is 0 Å². The van der Waals surface area contributed by atoms with Gasteiger partial charge in [0, 0.05) is 12.0 Å². The average molecular weight is 215 g/mol. The van der Waals surface area contributed by atoms with Gasteiger partial charge >= 0.3 is 6.18 Å². The third-order valence-corrected chi connectivity index (χ3v) is 1.92. The number of alkyl halides is 3. The smallest absolute Gasteiger partial charge is 0.294 e. The topological polar surface area (TPSA) is 17.1 Å². The van der Waals surface area contributed by atoms with Crippen LogP contribution in [0.3, 0.4) is 0 Å². The van der Waals surface area contributed by atoms with Crippen LogP contribution >= 0.6 is 0 Å². The zero-order valence-electron chi connectivity index (χ0n) is 7.97. The Kier molecular flexibility index (Phi) is 3.50. The van der Waals surface area contributed by atoms with Gasteiger partial charge in [0.05, 0.1) is 5.56 Å². The Balaban J connectivity index is 2.98. The van der Waals surface area contributed by atoms with Crippen LogP contribution in [0.1, 0.15) is 28.8 Å². The zero-order chi connectivity index (χ0) is 11.5. The van der Waals surface area contributed by atoms with E-state index >= 15 is 0 Å². The molecular weight excluding hydrogens is 205 g/mol. The fraction of sp³-hybridized carbons (Fsp3) is 0.273. The van der Waals surface area contributed by atoms with Crippen molar-refractivity contribution in [3.05, 3.63) is 42.3 Å². The van der Waals surface area contributed by atoms with Crippen LogP contribution in [0, 0.1) is 6.92 Å². The van der Waals surface area contributed by atoms with Crippen LogP contribution in [0.5, 0.6) is 0 Å². The number of ketones is 1. The van der Waals surface area contributed by atoms with Gasteiger partial charge in [-0.05, 0) is 18.6 Å². The molecule has 0 atom stereocenters. The first-order valence-corrected chi connectivity index (χ1v) is 4.45. The number of hydrogen-bond donors (Lipinski definition) is 0. The molecule has 0 N–H and O–H groups in total. The van der Waals surface area contributed by atoms with E-state index in [4.69, 9.17) is 0 Å². The lowest BCUT2D eigenvalue weighted by Crippen LogP contribution is -2.07. The first kappa shape index (κ1) is 11.8. The lowest BCUT2D eigenvalue weighted by molar-refractivity contribution is -0.137. The fourth-order valence-electron chi connectivity index (χ4n) is 1.17. The molecule has 0 saturated carbocycles. The van der Waals surface area contributed by atoms with Crippen LogP contribution in [0.15, 0.2) is 24.3 Å². The van der Waals surface area contributed by atoms with Gasteiger partial charge in [0.2, 0.25) is 0 Å². The van der Waals surface area contributed by atoms with E-state index in [2.05, 4.69) is 6.92 Å². The molecule has 0 heterocycles. The SMILES string of the molecule is [CH2]CCC(=O)c1cccc(C(F)(F)F)c1. The van der Waals surface area contributed by atoms with Crippen LogP contribution < -0.4 is 0 Å². The molecular formula is C11H10F3O. The van der Waals surface area contributed by atoms with Crippen molar-refractivity contribution in [2.45, 2.75) is 19.0 Å². The molecule has 0 aliphatic carbocycles. The third kappa shape index (κ3) is 3.08. The van der Waals surface area contributed by atoms with Gasteiger partial charge in [-0.2, -0.15) is 13.2 Å². The molecule has 1 radical (unpaired) electrons. The Morgan fingerprint density at radius 3 is 2.53 bits per heavy atom. The quantitative estimate of drug-likeness (QED) is 0.705. The summed E-state index contributed by atoms with van der Waals surface area (Å²) in [4.78, 5) is 11.3. The van der Waals surface area contributed by atoms with Crippen LogP contribution in [0.25, 0.3) is 0 Å². The van der Waals surface area contributed by atoms with Crippen molar-refractivity contribution < 1.29 is 18.0 Å². The van der Waals surface area contributed by atoms with Crippen LogP contribution in [0.2, 0.25) is 0 Å². The highest BCUT2D eigenvalue weighted by atomic mass is 19.4. The highest BCUT2D eigenvalue weighted by molar-refractivity contribution is 5.96. The maximum Gasteiger partial charge on any atom is 0.416 e. The standard InChI is InChI=1S/C11H10F3O/c1-2-4-10(15)8-5-3-6-9(7-8)11(12,13)14/h3,5-7H,1-2,4H2. The number of halogens is 3. The molecule has 81 valence electrons. The minimum atomic E-state index is -4.40. The molecule has 15 heavy (non-hydrogen) atoms. The second-order valence-corrected chi connectivity index (χ2v) is 3.11. The molecule has 0 fully saturated rings. The Morgan fingerprint density at radius 2 is 2.00 bits per heavy atom. The minimum Gasteiger partial charge on any atom is -0.294 e. The van der Waals surface area contributed by atoms with E-state index in [1.165, 1.54) is 12.1 Å². The van der Waals surface area contributed by atoms with Crippen LogP contribution in [0.4, 0.5) is 13.2 Å². The van der Waals surface area contributed by atoms with Crippen molar-refractivity contribution in [2.75, 3.05) is 0 Å². The molecule has 0 aliphatic heterocycles. The molecule has 1 aromatic carbocycles. The summed E-state index contributed by atoms with van der Waals surface area (Å²) in [5.74, 6) is -0.309. The van der Waals surface area contributed by atoms with Crippen molar-refractivity contribution in [2.24, 2.45) is 0 Å². The molecule has 1 aromatic rings. The summed E-state index contributed by atoms with van der Waals surface area (Å²) < 4.78 is 36.9. The van der Waals surface area contributed by atoms with Gasteiger partial charge in [-0.1, -0.05) is 19.1 Å². The van der Waals surface area contributed by atoms with E-state index in [9.17, 15) is 18.0 Å². The van der Waals surface area contributed by atoms with Gasteiger partial charge in [0.1, 0.15) is 0 Å². The van der Waals surface area contributed by atoms with Crippen molar-refractivity contribution in [1.82, 2.24) is 0 Å². The normalized spacial score (nSPS) is 11.5. The van der Waals surface area contributed by atoms with Gasteiger partial charge in [-0.3, -0.25) is 4.79 Å². The summed E-state index contributed by atoms with van der Waals surface area (Å²) in [5, 5.41) is 0. The summed E-state index contributed by atoms with van der Waals surface area (Å²) in [7, 11) is 0. The number of carbonyl (C=O) groups is 1. The Morgan fingerprint density at radius 1 is 1.33 bits per heavy atom. The predicted molar refractivity (Wildman–Crippen MR) is 50.4 cm³/mol. The van der Waals surface area contributed by atoms with Crippen molar-refractivity contribution in [3.63, 3.8) is 0 Å². The number of rotatable bonds is 3. The summed E-state index contributed by atoms with van der Waals surface area (Å²) in [5.41, 5.74) is -0.703. The van der Waals surface area contributed by atoms with E-state index in [0.717, 1.165) is 12.1 Å². The van der Waals surface area contributed by atoms with Crippen LogP contribution in [-0.4, -0.2) is 5.78 Å². The molecule has 1 nitrogen and oxygen atoms in total. The number of Topliss-reactive ketones (excluding diaryl/α,β-unsaturated/α-hetero) is 1. The second kappa shape index (κ2) is 4.47. The summed E-state index contributed by atoms with van der Waals surface area (Å²) in [6.45, 7) is 3.48. The first-order chi connectivity index (χ1) is 6.95. The lowest BCUT2D eigenvalue weighted by Gasteiger charge is -2.07. The van der Waals surface area contributed by atoms with E-state index in [-0.39, 0.29) is 17.8 Å². The monoisotopic (exact) mass is 215 g/mol.